The van der Waals surface area contributed by atoms with Crippen molar-refractivity contribution in [1.82, 2.24) is 0 Å². The molecule has 4 heteroatoms. The summed E-state index contributed by atoms with van der Waals surface area (Å²) < 4.78 is 11.4. The van der Waals surface area contributed by atoms with Gasteiger partial charge in [-0.3, -0.25) is 0 Å². The Balaban J connectivity index is 1.82. The molecule has 0 saturated heterocycles. The first kappa shape index (κ1) is 15.3. The van der Waals surface area contributed by atoms with Gasteiger partial charge in [0.2, 0.25) is 0 Å². The number of methoxy groups -OCH3 is 1. The summed E-state index contributed by atoms with van der Waals surface area (Å²) in [5, 5.41) is 9.71. The van der Waals surface area contributed by atoms with Crippen LogP contribution < -0.4 is 14.4 Å². The summed E-state index contributed by atoms with van der Waals surface area (Å²) in [5.41, 5.74) is 2.09. The van der Waals surface area contributed by atoms with Crippen molar-refractivity contribution in [2.45, 2.75) is 12.5 Å². The summed E-state index contributed by atoms with van der Waals surface area (Å²) in [6, 6.07) is 13.2. The highest BCUT2D eigenvalue weighted by molar-refractivity contribution is 5.63. The fourth-order valence-electron chi connectivity index (χ4n) is 2.91. The van der Waals surface area contributed by atoms with E-state index in [9.17, 15) is 5.11 Å². The highest BCUT2D eigenvalue weighted by Crippen LogP contribution is 2.36. The van der Waals surface area contributed by atoms with Crippen LogP contribution in [0.25, 0.3) is 0 Å². The highest BCUT2D eigenvalue weighted by Gasteiger charge is 2.25. The van der Waals surface area contributed by atoms with Gasteiger partial charge in [0.25, 0.3) is 0 Å². The molecular formula is C19H21NO3. The predicted octanol–water partition coefficient (Wildman–Crippen LogP) is 3.40. The quantitative estimate of drug-likeness (QED) is 0.859. The van der Waals surface area contributed by atoms with Gasteiger partial charge >= 0.3 is 0 Å². The van der Waals surface area contributed by atoms with Gasteiger partial charge in [0.05, 0.1) is 19.3 Å². The lowest BCUT2D eigenvalue weighted by atomic mass is 10.0. The summed E-state index contributed by atoms with van der Waals surface area (Å²) in [6.07, 6.45) is 2.70. The Kier molecular flexibility index (Phi) is 4.42. The van der Waals surface area contributed by atoms with Crippen LogP contribution in [0.5, 0.6) is 17.2 Å². The summed E-state index contributed by atoms with van der Waals surface area (Å²) in [7, 11) is 1.67. The molecule has 2 aromatic rings. The highest BCUT2D eigenvalue weighted by atomic mass is 16.5. The van der Waals surface area contributed by atoms with Crippen LogP contribution in [0.2, 0.25) is 0 Å². The normalized spacial score (nSPS) is 16.4. The van der Waals surface area contributed by atoms with E-state index in [2.05, 4.69) is 17.5 Å². The number of anilines is 1. The molecule has 1 heterocycles. The van der Waals surface area contributed by atoms with Crippen LogP contribution >= 0.6 is 0 Å². The van der Waals surface area contributed by atoms with Crippen molar-refractivity contribution in [2.75, 3.05) is 25.1 Å². The van der Waals surface area contributed by atoms with E-state index >= 15 is 0 Å². The molecule has 1 unspecified atom stereocenters. The van der Waals surface area contributed by atoms with Crippen molar-refractivity contribution in [3.8, 4) is 17.2 Å². The second kappa shape index (κ2) is 6.65. The molecule has 0 bridgehead atoms. The minimum absolute atomic E-state index is 0.0408. The zero-order valence-electron chi connectivity index (χ0n) is 13.2. The molecule has 4 nitrogen and oxygen atoms in total. The van der Waals surface area contributed by atoms with Gasteiger partial charge in [-0.25, -0.2) is 0 Å². The van der Waals surface area contributed by atoms with E-state index < -0.39 is 0 Å². The van der Waals surface area contributed by atoms with Gasteiger partial charge in [-0.1, -0.05) is 18.2 Å². The number of hydrogen-bond donors (Lipinski definition) is 1. The van der Waals surface area contributed by atoms with Crippen molar-refractivity contribution in [1.29, 1.82) is 0 Å². The lowest BCUT2D eigenvalue weighted by Crippen LogP contribution is -2.41. The van der Waals surface area contributed by atoms with E-state index in [4.69, 9.17) is 9.47 Å². The third-order valence-electron chi connectivity index (χ3n) is 3.95. The largest absolute Gasteiger partial charge is 0.508 e. The maximum absolute atomic E-state index is 9.71. The van der Waals surface area contributed by atoms with Crippen molar-refractivity contribution in [2.24, 2.45) is 0 Å². The number of rotatable bonds is 5. The summed E-state index contributed by atoms with van der Waals surface area (Å²) >= 11 is 0. The molecule has 1 N–H and O–H groups in total. The first-order chi connectivity index (χ1) is 11.2. The molecule has 0 saturated carbocycles. The molecule has 0 spiro atoms. The van der Waals surface area contributed by atoms with E-state index in [1.807, 2.05) is 30.3 Å². The average Bonchev–Trinajstić information content (AvgIpc) is 2.56. The van der Waals surface area contributed by atoms with Gasteiger partial charge < -0.3 is 19.5 Å². The fraction of sp³-hybridized carbons (Fsp3) is 0.263. The molecule has 0 amide bonds. The van der Waals surface area contributed by atoms with Crippen LogP contribution in [0.4, 0.5) is 5.69 Å². The van der Waals surface area contributed by atoms with E-state index in [1.165, 1.54) is 5.56 Å². The van der Waals surface area contributed by atoms with Crippen LogP contribution in [-0.4, -0.2) is 31.4 Å². The second-order valence-electron chi connectivity index (χ2n) is 5.64. The van der Waals surface area contributed by atoms with Crippen LogP contribution in [0.15, 0.2) is 55.1 Å². The predicted molar refractivity (Wildman–Crippen MR) is 91.6 cm³/mol. The Morgan fingerprint density at radius 1 is 1.35 bits per heavy atom. The average molecular weight is 311 g/mol. The minimum Gasteiger partial charge on any atom is -0.508 e. The van der Waals surface area contributed by atoms with E-state index in [-0.39, 0.29) is 11.9 Å². The fourth-order valence-corrected chi connectivity index (χ4v) is 2.91. The molecule has 0 fully saturated rings. The number of nitrogens with zero attached hydrogens (tertiary/aromatic N) is 1. The van der Waals surface area contributed by atoms with Gasteiger partial charge in [0, 0.05) is 19.0 Å². The molecule has 2 aromatic carbocycles. The monoisotopic (exact) mass is 311 g/mol. The lowest BCUT2D eigenvalue weighted by molar-refractivity contribution is 0.194. The zero-order chi connectivity index (χ0) is 16.2. The number of aromatic hydroxyl groups is 1. The number of benzene rings is 2. The third kappa shape index (κ3) is 3.42. The van der Waals surface area contributed by atoms with Crippen molar-refractivity contribution < 1.29 is 14.6 Å². The zero-order valence-corrected chi connectivity index (χ0v) is 13.2. The number of ether oxygens (including phenoxy) is 2. The van der Waals surface area contributed by atoms with Gasteiger partial charge in [0.1, 0.15) is 23.4 Å². The Hall–Kier alpha value is -2.62. The van der Waals surface area contributed by atoms with Crippen LogP contribution in [0, 0.1) is 0 Å². The lowest BCUT2D eigenvalue weighted by Gasteiger charge is -2.36. The second-order valence-corrected chi connectivity index (χ2v) is 5.64. The number of hydrogen-bond acceptors (Lipinski definition) is 4. The number of fused-ring (bicyclic) bond motifs is 1. The topological polar surface area (TPSA) is 41.9 Å². The Labute approximate surface area is 136 Å². The Bertz CT molecular complexity index is 699. The van der Waals surface area contributed by atoms with Crippen molar-refractivity contribution >= 4 is 5.69 Å². The third-order valence-corrected chi connectivity index (χ3v) is 3.95. The molecule has 23 heavy (non-hydrogen) atoms. The number of phenols is 1. The standard InChI is InChI=1S/C19H21NO3/c1-3-9-20-13-17(11-14-5-4-6-16(10-14)22-2)23-19-8-7-15(21)12-18(19)20/h3-8,10,12,17,21H,1,9,11,13H2,2H3. The molecule has 0 aromatic heterocycles. The smallest absolute Gasteiger partial charge is 0.143 e. The Morgan fingerprint density at radius 2 is 2.22 bits per heavy atom. The van der Waals surface area contributed by atoms with Gasteiger partial charge in [-0.2, -0.15) is 0 Å². The molecule has 0 radical (unpaired) electrons. The van der Waals surface area contributed by atoms with E-state index in [0.29, 0.717) is 6.54 Å². The van der Waals surface area contributed by atoms with Crippen molar-refractivity contribution in [3.05, 3.63) is 60.7 Å². The maximum atomic E-state index is 9.71. The first-order valence-electron chi connectivity index (χ1n) is 7.68. The summed E-state index contributed by atoms with van der Waals surface area (Å²) in [5.74, 6) is 1.89. The SMILES string of the molecule is C=CCN1CC(Cc2cccc(OC)c2)Oc2ccc(O)cc21. The molecule has 1 aliphatic rings. The van der Waals surface area contributed by atoms with E-state index in [1.54, 1.807) is 19.2 Å². The number of phenolic OH excluding ortho intramolecular Hbond substituents is 1. The molecular weight excluding hydrogens is 290 g/mol. The molecule has 120 valence electrons. The van der Waals surface area contributed by atoms with Gasteiger partial charge in [0.15, 0.2) is 0 Å². The first-order valence-corrected chi connectivity index (χ1v) is 7.68. The van der Waals surface area contributed by atoms with Gasteiger partial charge in [-0.15, -0.1) is 6.58 Å². The van der Waals surface area contributed by atoms with Crippen LogP contribution in [-0.2, 0) is 6.42 Å². The summed E-state index contributed by atoms with van der Waals surface area (Å²) in [4.78, 5) is 2.18. The van der Waals surface area contributed by atoms with E-state index in [0.717, 1.165) is 30.2 Å². The molecule has 0 aliphatic carbocycles. The van der Waals surface area contributed by atoms with Crippen LogP contribution in [0.1, 0.15) is 5.56 Å². The molecule has 1 aliphatic heterocycles. The van der Waals surface area contributed by atoms with Crippen LogP contribution in [0.3, 0.4) is 0 Å². The minimum atomic E-state index is 0.0408. The Morgan fingerprint density at radius 3 is 3.00 bits per heavy atom. The maximum Gasteiger partial charge on any atom is 0.143 e. The molecule has 3 rings (SSSR count). The van der Waals surface area contributed by atoms with Crippen molar-refractivity contribution in [3.63, 3.8) is 0 Å². The molecule has 1 atom stereocenters. The summed E-state index contributed by atoms with van der Waals surface area (Å²) in [6.45, 7) is 5.29. The van der Waals surface area contributed by atoms with Gasteiger partial charge in [-0.05, 0) is 29.8 Å².